The van der Waals surface area contributed by atoms with Crippen LogP contribution < -0.4 is 16.0 Å². The minimum absolute atomic E-state index is 0.167. The van der Waals surface area contributed by atoms with E-state index < -0.39 is 0 Å². The molecule has 0 saturated carbocycles. The van der Waals surface area contributed by atoms with Crippen molar-refractivity contribution in [2.24, 2.45) is 0 Å². The summed E-state index contributed by atoms with van der Waals surface area (Å²) in [6.07, 6.45) is 0.862. The maximum Gasteiger partial charge on any atom is 0.323 e. The van der Waals surface area contributed by atoms with Gasteiger partial charge in [0.15, 0.2) is 0 Å². The molecule has 0 heterocycles. The average Bonchev–Trinajstić information content (AvgIpc) is 2.77. The van der Waals surface area contributed by atoms with Crippen LogP contribution in [0.2, 0.25) is 0 Å². The number of para-hydroxylation sites is 1. The fourth-order valence-corrected chi connectivity index (χ4v) is 3.17. The second-order valence-electron chi connectivity index (χ2n) is 7.31. The number of nitrogens with zero attached hydrogens (tertiary/aromatic N) is 1. The largest absolute Gasteiger partial charge is 0.323 e. The van der Waals surface area contributed by atoms with Crippen molar-refractivity contribution in [1.29, 1.82) is 0 Å². The van der Waals surface area contributed by atoms with Gasteiger partial charge in [-0.15, -0.1) is 0 Å². The SMILES string of the molecule is CCCN(Cc1ccccc1)C(=O)Nc1cc(NC(=O)Nc2ccccc2)ccc1C. The third-order valence-electron chi connectivity index (χ3n) is 4.77. The van der Waals surface area contributed by atoms with Crippen molar-refractivity contribution in [3.63, 3.8) is 0 Å². The Labute approximate surface area is 183 Å². The van der Waals surface area contributed by atoms with Gasteiger partial charge >= 0.3 is 12.1 Å². The fourth-order valence-electron chi connectivity index (χ4n) is 3.17. The first-order valence-electron chi connectivity index (χ1n) is 10.4. The lowest BCUT2D eigenvalue weighted by atomic mass is 10.1. The van der Waals surface area contributed by atoms with Gasteiger partial charge < -0.3 is 20.9 Å². The van der Waals surface area contributed by atoms with Crippen molar-refractivity contribution >= 4 is 29.1 Å². The van der Waals surface area contributed by atoms with E-state index in [1.54, 1.807) is 11.0 Å². The number of benzene rings is 3. The molecule has 0 spiro atoms. The molecule has 0 bridgehead atoms. The molecule has 31 heavy (non-hydrogen) atoms. The van der Waals surface area contributed by atoms with Crippen LogP contribution in [0.5, 0.6) is 0 Å². The van der Waals surface area contributed by atoms with Crippen molar-refractivity contribution in [3.05, 3.63) is 90.0 Å². The number of hydrogen-bond acceptors (Lipinski definition) is 2. The average molecular weight is 417 g/mol. The fraction of sp³-hybridized carbons (Fsp3) is 0.200. The number of anilines is 3. The summed E-state index contributed by atoms with van der Waals surface area (Å²) in [5.41, 5.74) is 3.96. The second kappa shape index (κ2) is 10.8. The van der Waals surface area contributed by atoms with E-state index in [9.17, 15) is 9.59 Å². The van der Waals surface area contributed by atoms with Crippen LogP contribution in [0.15, 0.2) is 78.9 Å². The molecule has 6 nitrogen and oxygen atoms in total. The Morgan fingerprint density at radius 2 is 1.45 bits per heavy atom. The second-order valence-corrected chi connectivity index (χ2v) is 7.31. The van der Waals surface area contributed by atoms with Crippen LogP contribution in [-0.2, 0) is 6.54 Å². The quantitative estimate of drug-likeness (QED) is 0.436. The summed E-state index contributed by atoms with van der Waals surface area (Å²) in [7, 11) is 0. The van der Waals surface area contributed by atoms with E-state index in [4.69, 9.17) is 0 Å². The van der Waals surface area contributed by atoms with Crippen LogP contribution in [0.25, 0.3) is 0 Å². The molecule has 0 aliphatic carbocycles. The highest BCUT2D eigenvalue weighted by Gasteiger charge is 2.15. The van der Waals surface area contributed by atoms with Gasteiger partial charge in [-0.2, -0.15) is 0 Å². The topological polar surface area (TPSA) is 73.5 Å². The Morgan fingerprint density at radius 3 is 2.13 bits per heavy atom. The lowest BCUT2D eigenvalue weighted by molar-refractivity contribution is 0.209. The van der Waals surface area contributed by atoms with Gasteiger partial charge in [0, 0.05) is 30.2 Å². The minimum atomic E-state index is -0.344. The van der Waals surface area contributed by atoms with Crippen LogP contribution >= 0.6 is 0 Å². The zero-order valence-electron chi connectivity index (χ0n) is 17.9. The third kappa shape index (κ3) is 6.60. The monoisotopic (exact) mass is 416 g/mol. The minimum Gasteiger partial charge on any atom is -0.320 e. The molecule has 160 valence electrons. The van der Waals surface area contributed by atoms with Crippen molar-refractivity contribution in [3.8, 4) is 0 Å². The van der Waals surface area contributed by atoms with Crippen molar-refractivity contribution in [2.75, 3.05) is 22.5 Å². The lowest BCUT2D eigenvalue weighted by Gasteiger charge is -2.23. The first-order chi connectivity index (χ1) is 15.0. The lowest BCUT2D eigenvalue weighted by Crippen LogP contribution is -2.35. The Hall–Kier alpha value is -3.80. The Morgan fingerprint density at radius 1 is 0.806 bits per heavy atom. The number of carbonyl (C=O) groups is 2. The predicted molar refractivity (Wildman–Crippen MR) is 126 cm³/mol. The molecule has 3 N–H and O–H groups in total. The molecule has 3 aromatic rings. The van der Waals surface area contributed by atoms with E-state index in [0.29, 0.717) is 30.2 Å². The molecule has 0 aliphatic rings. The van der Waals surface area contributed by atoms with Gasteiger partial charge in [0.05, 0.1) is 0 Å². The molecule has 0 aromatic heterocycles. The van der Waals surface area contributed by atoms with Crippen molar-refractivity contribution in [2.45, 2.75) is 26.8 Å². The number of carbonyl (C=O) groups excluding carboxylic acids is 2. The molecule has 4 amide bonds. The summed E-state index contributed by atoms with van der Waals surface area (Å²) >= 11 is 0. The van der Waals surface area contributed by atoms with Gasteiger partial charge in [0.2, 0.25) is 0 Å². The number of nitrogens with one attached hydrogen (secondary N) is 3. The predicted octanol–water partition coefficient (Wildman–Crippen LogP) is 6.08. The van der Waals surface area contributed by atoms with Crippen molar-refractivity contribution < 1.29 is 9.59 Å². The summed E-state index contributed by atoms with van der Waals surface area (Å²) in [6.45, 7) is 5.16. The summed E-state index contributed by atoms with van der Waals surface area (Å²) in [4.78, 5) is 27.0. The molecule has 0 fully saturated rings. The first-order valence-corrected chi connectivity index (χ1v) is 10.4. The van der Waals surface area contributed by atoms with Gasteiger partial charge in [-0.1, -0.05) is 61.5 Å². The number of amides is 4. The zero-order chi connectivity index (χ0) is 22.1. The van der Waals surface area contributed by atoms with E-state index in [1.165, 1.54) is 0 Å². The molecule has 0 atom stereocenters. The van der Waals surface area contributed by atoms with E-state index in [1.807, 2.05) is 86.6 Å². The van der Waals surface area contributed by atoms with Crippen LogP contribution in [0.3, 0.4) is 0 Å². The molecule has 6 heteroatoms. The molecular weight excluding hydrogens is 388 g/mol. The Kier molecular flexibility index (Phi) is 7.65. The highest BCUT2D eigenvalue weighted by molar-refractivity contribution is 6.00. The van der Waals surface area contributed by atoms with Crippen molar-refractivity contribution in [1.82, 2.24) is 4.90 Å². The first kappa shape index (κ1) is 21.9. The molecule has 3 aromatic carbocycles. The van der Waals surface area contributed by atoms with Gasteiger partial charge in [-0.05, 0) is 48.7 Å². The maximum absolute atomic E-state index is 12.9. The highest BCUT2D eigenvalue weighted by atomic mass is 16.2. The van der Waals surface area contributed by atoms with E-state index in [0.717, 1.165) is 17.5 Å². The standard InChI is InChI=1S/C25H28N4O2/c1-3-16-29(18-20-10-6-4-7-11-20)25(31)28-23-17-22(15-14-19(23)2)27-24(30)26-21-12-8-5-9-13-21/h4-15,17H,3,16,18H2,1-2H3,(H,28,31)(H2,26,27,30). The molecular formula is C25H28N4O2. The number of hydrogen-bond donors (Lipinski definition) is 3. The van der Waals surface area contributed by atoms with Gasteiger partial charge in [-0.3, -0.25) is 0 Å². The van der Waals surface area contributed by atoms with Crippen LogP contribution in [0.1, 0.15) is 24.5 Å². The van der Waals surface area contributed by atoms with E-state index in [-0.39, 0.29) is 12.1 Å². The maximum atomic E-state index is 12.9. The van der Waals surface area contributed by atoms with Crippen LogP contribution in [-0.4, -0.2) is 23.5 Å². The van der Waals surface area contributed by atoms with Gasteiger partial charge in [-0.25, -0.2) is 9.59 Å². The third-order valence-corrected chi connectivity index (χ3v) is 4.77. The summed E-state index contributed by atoms with van der Waals surface area (Å²) in [6, 6.07) is 24.1. The molecule has 0 aliphatic heterocycles. The molecule has 0 unspecified atom stereocenters. The molecule has 0 saturated heterocycles. The van der Waals surface area contributed by atoms with Gasteiger partial charge in [0.25, 0.3) is 0 Å². The Bertz CT molecular complexity index is 1010. The zero-order valence-corrected chi connectivity index (χ0v) is 17.9. The summed E-state index contributed by atoms with van der Waals surface area (Å²) in [5, 5.41) is 8.59. The highest BCUT2D eigenvalue weighted by Crippen LogP contribution is 2.21. The van der Waals surface area contributed by atoms with Gasteiger partial charge in [0.1, 0.15) is 0 Å². The molecule has 3 rings (SSSR count). The summed E-state index contributed by atoms with van der Waals surface area (Å²) < 4.78 is 0. The summed E-state index contributed by atoms with van der Waals surface area (Å²) in [5.74, 6) is 0. The number of urea groups is 2. The number of rotatable bonds is 7. The van der Waals surface area contributed by atoms with E-state index >= 15 is 0 Å². The molecule has 0 radical (unpaired) electrons. The van der Waals surface area contributed by atoms with E-state index in [2.05, 4.69) is 16.0 Å². The smallest absolute Gasteiger partial charge is 0.320 e. The normalized spacial score (nSPS) is 10.3. The number of aryl methyl sites for hydroxylation is 1. The Balaban J connectivity index is 1.67. The van der Waals surface area contributed by atoms with Crippen LogP contribution in [0.4, 0.5) is 26.7 Å². The van der Waals surface area contributed by atoms with Crippen LogP contribution in [0, 0.1) is 6.92 Å².